The molecule has 3 heterocycles. The summed E-state index contributed by atoms with van der Waals surface area (Å²) >= 11 is 0. The standard InChI is InChI=1S/C24H31N5O2/c1-31-22-4-2-3-18(13-22)16-29-23(30)28(17-24(29)9-11-25-12-10-24)21-7-5-19(6-8-21)20-14-26-27-15-20/h2-8,13,20,25-27H,9-12,14-17H2,1H3. The number of hydrazine groups is 1. The normalized spacial score (nSPS) is 21.3. The molecule has 0 atom stereocenters. The summed E-state index contributed by atoms with van der Waals surface area (Å²) in [7, 11) is 1.68. The Morgan fingerprint density at radius 1 is 1.06 bits per heavy atom. The summed E-state index contributed by atoms with van der Waals surface area (Å²) in [6.07, 6.45) is 1.94. The Morgan fingerprint density at radius 3 is 2.52 bits per heavy atom. The molecule has 0 aliphatic carbocycles. The van der Waals surface area contributed by atoms with Gasteiger partial charge in [0.25, 0.3) is 0 Å². The minimum atomic E-state index is -0.136. The van der Waals surface area contributed by atoms with Crippen LogP contribution in [0.2, 0.25) is 0 Å². The van der Waals surface area contributed by atoms with Crippen LogP contribution in [-0.4, -0.2) is 56.3 Å². The Bertz CT molecular complexity index is 920. The molecule has 0 radical (unpaired) electrons. The van der Waals surface area contributed by atoms with Crippen molar-refractivity contribution in [3.8, 4) is 5.75 Å². The highest BCUT2D eigenvalue weighted by molar-refractivity contribution is 5.95. The van der Waals surface area contributed by atoms with Crippen molar-refractivity contribution in [2.75, 3.05) is 44.7 Å². The highest BCUT2D eigenvalue weighted by Gasteiger charge is 2.50. The van der Waals surface area contributed by atoms with Crippen molar-refractivity contribution < 1.29 is 9.53 Å². The molecule has 2 aromatic carbocycles. The van der Waals surface area contributed by atoms with Crippen LogP contribution in [-0.2, 0) is 6.54 Å². The van der Waals surface area contributed by atoms with Crippen molar-refractivity contribution in [2.24, 2.45) is 0 Å². The fraction of sp³-hybridized carbons (Fsp3) is 0.458. The van der Waals surface area contributed by atoms with E-state index in [-0.39, 0.29) is 11.6 Å². The first-order valence-corrected chi connectivity index (χ1v) is 11.2. The number of nitrogens with zero attached hydrogens (tertiary/aromatic N) is 2. The topological polar surface area (TPSA) is 68.9 Å². The summed E-state index contributed by atoms with van der Waals surface area (Å²) in [5.41, 5.74) is 9.63. The molecule has 3 aliphatic heterocycles. The minimum Gasteiger partial charge on any atom is -0.497 e. The average Bonchev–Trinajstić information content (AvgIpc) is 3.44. The summed E-state index contributed by atoms with van der Waals surface area (Å²) in [5.74, 6) is 1.30. The lowest BCUT2D eigenvalue weighted by Gasteiger charge is -2.40. The van der Waals surface area contributed by atoms with Crippen molar-refractivity contribution >= 4 is 11.7 Å². The lowest BCUT2D eigenvalue weighted by atomic mass is 9.87. The molecule has 7 nitrogen and oxygen atoms in total. The van der Waals surface area contributed by atoms with Gasteiger partial charge in [-0.25, -0.2) is 4.79 Å². The van der Waals surface area contributed by atoms with Crippen LogP contribution in [0.25, 0.3) is 0 Å². The van der Waals surface area contributed by atoms with Gasteiger partial charge in [-0.05, 0) is 61.3 Å². The van der Waals surface area contributed by atoms with E-state index in [4.69, 9.17) is 4.74 Å². The zero-order chi connectivity index (χ0) is 21.3. The zero-order valence-electron chi connectivity index (χ0n) is 18.1. The monoisotopic (exact) mass is 421 g/mol. The zero-order valence-corrected chi connectivity index (χ0v) is 18.1. The minimum absolute atomic E-state index is 0.0988. The molecule has 7 heteroatoms. The molecule has 31 heavy (non-hydrogen) atoms. The van der Waals surface area contributed by atoms with E-state index in [9.17, 15) is 4.79 Å². The van der Waals surface area contributed by atoms with Crippen molar-refractivity contribution in [3.05, 3.63) is 59.7 Å². The summed E-state index contributed by atoms with van der Waals surface area (Å²) in [6, 6.07) is 16.7. The summed E-state index contributed by atoms with van der Waals surface area (Å²) in [5, 5.41) is 3.46. The number of rotatable bonds is 5. The number of piperidine rings is 1. The fourth-order valence-corrected chi connectivity index (χ4v) is 5.13. The van der Waals surface area contributed by atoms with Gasteiger partial charge in [-0.1, -0.05) is 24.3 Å². The van der Waals surface area contributed by atoms with E-state index >= 15 is 0 Å². The number of ether oxygens (including phenoxy) is 1. The Morgan fingerprint density at radius 2 is 1.81 bits per heavy atom. The summed E-state index contributed by atoms with van der Waals surface area (Å²) < 4.78 is 5.39. The number of carbonyl (C=O) groups is 1. The number of hydrogen-bond donors (Lipinski definition) is 3. The molecular weight excluding hydrogens is 390 g/mol. The van der Waals surface area contributed by atoms with Crippen LogP contribution >= 0.6 is 0 Å². The van der Waals surface area contributed by atoms with E-state index in [1.165, 1.54) is 5.56 Å². The molecule has 3 saturated heterocycles. The van der Waals surface area contributed by atoms with Gasteiger partial charge in [-0.2, -0.15) is 0 Å². The van der Waals surface area contributed by atoms with Crippen molar-refractivity contribution in [1.29, 1.82) is 0 Å². The number of hydrogen-bond acceptors (Lipinski definition) is 5. The molecular formula is C24H31N5O2. The molecule has 3 fully saturated rings. The predicted octanol–water partition coefficient (Wildman–Crippen LogP) is 2.45. The van der Waals surface area contributed by atoms with E-state index in [2.05, 4.69) is 51.4 Å². The number of carbonyl (C=O) groups excluding carboxylic acids is 1. The van der Waals surface area contributed by atoms with Gasteiger partial charge in [0.1, 0.15) is 5.75 Å². The highest BCUT2D eigenvalue weighted by atomic mass is 16.5. The average molecular weight is 422 g/mol. The van der Waals surface area contributed by atoms with Gasteiger partial charge in [0.15, 0.2) is 0 Å². The number of amides is 2. The first kappa shape index (κ1) is 20.3. The molecule has 0 saturated carbocycles. The Balaban J connectivity index is 1.41. The molecule has 2 aromatic rings. The lowest BCUT2D eigenvalue weighted by molar-refractivity contribution is 0.119. The van der Waals surface area contributed by atoms with Gasteiger partial charge in [0, 0.05) is 31.2 Å². The molecule has 5 rings (SSSR count). The summed E-state index contributed by atoms with van der Waals surface area (Å²) in [6.45, 7) is 5.10. The van der Waals surface area contributed by atoms with Gasteiger partial charge >= 0.3 is 6.03 Å². The van der Waals surface area contributed by atoms with Crippen LogP contribution in [0.4, 0.5) is 10.5 Å². The predicted molar refractivity (Wildman–Crippen MR) is 121 cm³/mol. The number of anilines is 1. The van der Waals surface area contributed by atoms with Gasteiger partial charge < -0.3 is 15.0 Å². The maximum atomic E-state index is 13.7. The molecule has 164 valence electrons. The van der Waals surface area contributed by atoms with Gasteiger partial charge in [0.2, 0.25) is 0 Å². The SMILES string of the molecule is COc1cccc(CN2C(=O)N(c3ccc(C4CNNC4)cc3)CC23CCNCC3)c1. The first-order chi connectivity index (χ1) is 15.2. The smallest absolute Gasteiger partial charge is 0.325 e. The number of nitrogens with one attached hydrogen (secondary N) is 3. The molecule has 3 N–H and O–H groups in total. The van der Waals surface area contributed by atoms with Crippen molar-refractivity contribution in [1.82, 2.24) is 21.1 Å². The third-order valence-corrected chi connectivity index (χ3v) is 6.99. The van der Waals surface area contributed by atoms with Crippen molar-refractivity contribution in [2.45, 2.75) is 30.8 Å². The maximum Gasteiger partial charge on any atom is 0.325 e. The van der Waals surface area contributed by atoms with Crippen LogP contribution < -0.4 is 25.8 Å². The molecule has 0 unspecified atom stereocenters. The largest absolute Gasteiger partial charge is 0.497 e. The Kier molecular flexibility index (Phi) is 5.56. The number of urea groups is 1. The van der Waals surface area contributed by atoms with Crippen LogP contribution in [0, 0.1) is 0 Å². The second-order valence-electron chi connectivity index (χ2n) is 8.83. The quantitative estimate of drug-likeness (QED) is 0.692. The number of benzene rings is 2. The van der Waals surface area contributed by atoms with Gasteiger partial charge in [-0.15, -0.1) is 0 Å². The van der Waals surface area contributed by atoms with Crippen molar-refractivity contribution in [3.63, 3.8) is 0 Å². The van der Waals surface area contributed by atoms with E-state index in [0.29, 0.717) is 12.5 Å². The molecule has 3 aliphatic rings. The van der Waals surface area contributed by atoms with E-state index in [1.807, 2.05) is 23.1 Å². The second kappa shape index (κ2) is 8.49. The Hall–Kier alpha value is -2.61. The van der Waals surface area contributed by atoms with Crippen LogP contribution in [0.5, 0.6) is 5.75 Å². The Labute approximate surface area is 183 Å². The van der Waals surface area contributed by atoms with E-state index in [1.54, 1.807) is 7.11 Å². The molecule has 0 aromatic heterocycles. The van der Waals surface area contributed by atoms with Crippen LogP contribution in [0.15, 0.2) is 48.5 Å². The lowest BCUT2D eigenvalue weighted by Crippen LogP contribution is -2.53. The van der Waals surface area contributed by atoms with E-state index < -0.39 is 0 Å². The number of methoxy groups -OCH3 is 1. The van der Waals surface area contributed by atoms with Gasteiger partial charge in [0.05, 0.1) is 19.2 Å². The first-order valence-electron chi connectivity index (χ1n) is 11.2. The van der Waals surface area contributed by atoms with Crippen LogP contribution in [0.1, 0.15) is 29.9 Å². The summed E-state index contributed by atoms with van der Waals surface area (Å²) in [4.78, 5) is 17.7. The molecule has 2 amide bonds. The highest BCUT2D eigenvalue weighted by Crippen LogP contribution is 2.38. The third kappa shape index (κ3) is 3.89. The molecule has 1 spiro atoms. The van der Waals surface area contributed by atoms with Gasteiger partial charge in [-0.3, -0.25) is 15.8 Å². The third-order valence-electron chi connectivity index (χ3n) is 6.99. The fourth-order valence-electron chi connectivity index (χ4n) is 5.13. The van der Waals surface area contributed by atoms with E-state index in [0.717, 1.165) is 62.6 Å². The second-order valence-corrected chi connectivity index (χ2v) is 8.83. The molecule has 0 bridgehead atoms. The van der Waals surface area contributed by atoms with Crippen LogP contribution in [0.3, 0.4) is 0 Å². The maximum absolute atomic E-state index is 13.7.